The molecule has 0 atom stereocenters. The standard InChI is InChI=1S/C8H8BN2O4.2CH4/c12-5-1-2-6(13)10(5)9-11-7(14)3-4-8(11)15;;/h1-4H2;2*1H4/i;2*1T. The number of imide groups is 2. The number of carbonyl (C=O) groups excluding carboxylic acids is 4. The highest BCUT2D eigenvalue weighted by Crippen LogP contribution is 2.15. The van der Waals surface area contributed by atoms with Crippen LogP contribution in [0.25, 0.3) is 0 Å². The molecule has 1 radical (unpaired) electrons. The lowest BCUT2D eigenvalue weighted by Crippen LogP contribution is -2.46. The van der Waals surface area contributed by atoms with Crippen LogP contribution in [0, 0.1) is 0 Å². The molecule has 0 bridgehead atoms. The number of amides is 4. The van der Waals surface area contributed by atoms with Gasteiger partial charge in [0.1, 0.15) is 0 Å². The van der Waals surface area contributed by atoms with Crippen molar-refractivity contribution in [2.24, 2.45) is 0 Å². The van der Waals surface area contributed by atoms with Crippen molar-refractivity contribution in [3.05, 3.63) is 0 Å². The number of carbonyl (C=O) groups is 4. The highest BCUT2D eigenvalue weighted by molar-refractivity contribution is 6.49. The van der Waals surface area contributed by atoms with Crippen LogP contribution in [0.2, 0.25) is 0 Å². The van der Waals surface area contributed by atoms with Gasteiger partial charge < -0.3 is 9.62 Å². The van der Waals surface area contributed by atoms with Crippen molar-refractivity contribution in [2.75, 3.05) is 0 Å². The molecule has 0 aromatic heterocycles. The Morgan fingerprint density at radius 2 is 1.00 bits per heavy atom. The highest BCUT2D eigenvalue weighted by atomic mass is 16.2. The van der Waals surface area contributed by atoms with Crippen LogP contribution in [0.1, 0.15) is 43.2 Å². The second-order valence-electron chi connectivity index (χ2n) is 3.43. The van der Waals surface area contributed by atoms with Gasteiger partial charge in [0, 0.05) is 28.4 Å². The summed E-state index contributed by atoms with van der Waals surface area (Å²) < 4.78 is 11.5. The minimum Gasteiger partial charge on any atom is -0.308 e. The van der Waals surface area contributed by atoms with Gasteiger partial charge in [0.05, 0.1) is 0 Å². The molecule has 0 aliphatic carbocycles. The zero-order chi connectivity index (χ0) is 15.0. The Bertz CT molecular complexity index is 313. The van der Waals surface area contributed by atoms with Gasteiger partial charge in [-0.15, -0.1) is 0 Å². The zero-order valence-electron chi connectivity index (χ0n) is 11.9. The van der Waals surface area contributed by atoms with Crippen molar-refractivity contribution in [3.63, 3.8) is 0 Å². The maximum Gasteiger partial charge on any atom is 0.410 e. The molecule has 2 saturated heterocycles. The third-order valence-corrected chi connectivity index (χ3v) is 2.41. The third kappa shape index (κ3) is 2.72. The molecule has 0 aromatic carbocycles. The molecule has 93 valence electrons. The van der Waals surface area contributed by atoms with Crippen molar-refractivity contribution in [1.82, 2.24) is 9.62 Å². The summed E-state index contributed by atoms with van der Waals surface area (Å²) in [6.45, 7) is 0. The minimum absolute atomic E-state index is 0.144. The van der Waals surface area contributed by atoms with Crippen LogP contribution in [0.3, 0.4) is 0 Å². The number of rotatable bonds is 2. The summed E-state index contributed by atoms with van der Waals surface area (Å²) in [5.41, 5.74) is 0. The highest BCUT2D eigenvalue weighted by Gasteiger charge is 2.38. The van der Waals surface area contributed by atoms with Crippen LogP contribution in [0.5, 0.6) is 0 Å². The summed E-state index contributed by atoms with van der Waals surface area (Å²) in [6, 6.07) is 0. The van der Waals surface area contributed by atoms with Gasteiger partial charge in [-0.1, -0.05) is 14.8 Å². The molecule has 2 fully saturated rings. The normalized spacial score (nSPS) is 20.1. The molecule has 0 spiro atoms. The molecular formula is C10H16BN2O4. The summed E-state index contributed by atoms with van der Waals surface area (Å²) in [6.07, 6.45) is 0.578. The second kappa shape index (κ2) is 5.61. The molecule has 0 unspecified atom stereocenters. The van der Waals surface area contributed by atoms with E-state index in [1.165, 1.54) is 14.8 Å². The fourth-order valence-corrected chi connectivity index (χ4v) is 1.56. The van der Waals surface area contributed by atoms with Gasteiger partial charge in [-0.25, -0.2) is 0 Å². The molecule has 2 heterocycles. The largest absolute Gasteiger partial charge is 0.410 e. The van der Waals surface area contributed by atoms with Gasteiger partial charge in [-0.2, -0.15) is 0 Å². The van der Waals surface area contributed by atoms with E-state index in [1.807, 2.05) is 0 Å². The first-order chi connectivity index (χ1) is 9.09. The smallest absolute Gasteiger partial charge is 0.308 e. The van der Waals surface area contributed by atoms with Crippen molar-refractivity contribution in [2.45, 2.75) is 40.5 Å². The van der Waals surface area contributed by atoms with Crippen LogP contribution in [-0.4, -0.2) is 40.8 Å². The molecular weight excluding hydrogens is 223 g/mol. The average Bonchev–Trinajstić information content (AvgIpc) is 2.93. The third-order valence-electron chi connectivity index (χ3n) is 2.41. The Morgan fingerprint density at radius 3 is 1.24 bits per heavy atom. The first kappa shape index (κ1) is 11.8. The predicted octanol–water partition coefficient (Wildman–Crippen LogP) is 0.0908. The number of hydrogen-bond donors (Lipinski definition) is 0. The molecule has 0 N–H and O–H groups in total. The molecule has 6 nitrogen and oxygen atoms in total. The van der Waals surface area contributed by atoms with Gasteiger partial charge in [-0.3, -0.25) is 19.2 Å². The average molecular weight is 243 g/mol. The second-order valence-corrected chi connectivity index (χ2v) is 3.43. The van der Waals surface area contributed by atoms with E-state index >= 15 is 0 Å². The summed E-state index contributed by atoms with van der Waals surface area (Å²) in [7, 11) is 3.52. The first-order valence-corrected chi connectivity index (χ1v) is 4.64. The van der Waals surface area contributed by atoms with Crippen molar-refractivity contribution in [1.29, 1.82) is 0 Å². The topological polar surface area (TPSA) is 74.8 Å². The van der Waals surface area contributed by atoms with Gasteiger partial charge in [0.2, 0.25) is 23.6 Å². The van der Waals surface area contributed by atoms with Gasteiger partial charge in [0.25, 0.3) is 0 Å². The van der Waals surface area contributed by atoms with Gasteiger partial charge in [0.15, 0.2) is 0 Å². The quantitative estimate of drug-likeness (QED) is 0.508. The number of nitrogens with zero attached hydrogens (tertiary/aromatic N) is 2. The van der Waals surface area contributed by atoms with E-state index in [0.717, 1.165) is 17.2 Å². The molecule has 0 saturated carbocycles. The zero-order valence-corrected chi connectivity index (χ0v) is 9.93. The van der Waals surface area contributed by atoms with Crippen molar-refractivity contribution in [3.8, 4) is 0 Å². The van der Waals surface area contributed by atoms with E-state index < -0.39 is 0 Å². The molecule has 2 rings (SSSR count). The van der Waals surface area contributed by atoms with Gasteiger partial charge in [-0.05, 0) is 0 Å². The lowest BCUT2D eigenvalue weighted by molar-refractivity contribution is -0.134. The predicted molar refractivity (Wildman–Crippen MR) is 61.4 cm³/mol. The Morgan fingerprint density at radius 1 is 0.765 bits per heavy atom. The molecule has 17 heavy (non-hydrogen) atoms. The maximum absolute atomic E-state index is 11.2. The molecule has 4 amide bonds. The summed E-state index contributed by atoms with van der Waals surface area (Å²) in [5.74, 6) is -1.47. The monoisotopic (exact) mass is 243 g/mol. The summed E-state index contributed by atoms with van der Waals surface area (Å²) >= 11 is 0. The lowest BCUT2D eigenvalue weighted by Gasteiger charge is -2.18. The van der Waals surface area contributed by atoms with Crippen LogP contribution in [0.4, 0.5) is 0 Å². The van der Waals surface area contributed by atoms with E-state index in [-0.39, 0.29) is 49.3 Å². The minimum atomic E-state index is -0.368. The fourth-order valence-electron chi connectivity index (χ4n) is 1.56. The van der Waals surface area contributed by atoms with Crippen molar-refractivity contribution >= 4 is 31.2 Å². The van der Waals surface area contributed by atoms with Crippen LogP contribution >= 0.6 is 0 Å². The van der Waals surface area contributed by atoms with E-state index in [2.05, 4.69) is 0 Å². The van der Waals surface area contributed by atoms with Gasteiger partial charge >= 0.3 is 7.55 Å². The van der Waals surface area contributed by atoms with Crippen LogP contribution in [-0.2, 0) is 19.2 Å². The molecule has 2 aliphatic heterocycles. The number of hydrogen-bond acceptors (Lipinski definition) is 4. The van der Waals surface area contributed by atoms with E-state index in [4.69, 9.17) is 2.74 Å². The first-order valence-electron chi connectivity index (χ1n) is 6.64. The SMILES string of the molecule is O=C1CCC(=O)N1[B]N1C(=O)CCC1=O.[3H]C.[3H]C. The Balaban J connectivity index is 0.000000741. The maximum atomic E-state index is 11.2. The van der Waals surface area contributed by atoms with E-state index in [1.54, 1.807) is 0 Å². The summed E-state index contributed by atoms with van der Waals surface area (Å²) in [4.78, 5) is 46.5. The molecule has 0 aromatic rings. The summed E-state index contributed by atoms with van der Waals surface area (Å²) in [5, 5.41) is 0. The Labute approximate surface area is 104 Å². The molecule has 2 aliphatic rings. The van der Waals surface area contributed by atoms with E-state index in [9.17, 15) is 19.2 Å². The van der Waals surface area contributed by atoms with Crippen molar-refractivity contribution < 1.29 is 21.9 Å². The molecule has 7 heteroatoms. The Hall–Kier alpha value is -1.66. The van der Waals surface area contributed by atoms with Crippen LogP contribution < -0.4 is 0 Å². The fraction of sp³-hybridized carbons (Fsp3) is 0.600. The Kier molecular flexibility index (Phi) is 3.90. The van der Waals surface area contributed by atoms with Crippen LogP contribution in [0.15, 0.2) is 0 Å². The lowest BCUT2D eigenvalue weighted by atomic mass is 10.1. The van der Waals surface area contributed by atoms with E-state index in [0.29, 0.717) is 0 Å².